The van der Waals surface area contributed by atoms with Crippen LogP contribution in [0.4, 0.5) is 5.69 Å². The Bertz CT molecular complexity index is 603. The Morgan fingerprint density at radius 3 is 3.00 bits per heavy atom. The predicted octanol–water partition coefficient (Wildman–Crippen LogP) is 3.88. The number of carbonyl (C=O) groups is 1. The van der Waals surface area contributed by atoms with Gasteiger partial charge in [-0.05, 0) is 31.9 Å². The molecule has 0 spiro atoms. The average molecular weight is 328 g/mol. The minimum atomic E-state index is -0.119. The van der Waals surface area contributed by atoms with Crippen molar-refractivity contribution in [1.82, 2.24) is 8.75 Å². The van der Waals surface area contributed by atoms with E-state index in [4.69, 9.17) is 16.3 Å². The van der Waals surface area contributed by atoms with E-state index in [1.54, 1.807) is 0 Å². The van der Waals surface area contributed by atoms with Gasteiger partial charge in [-0.1, -0.05) is 18.0 Å². The molecule has 0 aliphatic heterocycles. The molecule has 0 amide bonds. The predicted molar refractivity (Wildman–Crippen MR) is 86.0 cm³/mol. The van der Waals surface area contributed by atoms with Crippen LogP contribution in [0.2, 0.25) is 5.02 Å². The van der Waals surface area contributed by atoms with Gasteiger partial charge in [0.2, 0.25) is 0 Å². The smallest absolute Gasteiger partial charge is 0.305 e. The lowest BCUT2D eigenvalue weighted by atomic mass is 10.2. The molecule has 1 aromatic heterocycles. The Morgan fingerprint density at radius 1 is 1.33 bits per heavy atom. The van der Waals surface area contributed by atoms with Gasteiger partial charge in [-0.3, -0.25) is 4.79 Å². The highest BCUT2D eigenvalue weighted by Crippen LogP contribution is 2.29. The van der Waals surface area contributed by atoms with Crippen LogP contribution in [0.15, 0.2) is 12.1 Å². The average Bonchev–Trinajstić information content (AvgIpc) is 2.93. The molecule has 0 fully saturated rings. The first-order valence-corrected chi connectivity index (χ1v) is 8.13. The normalized spacial score (nSPS) is 10.8. The molecule has 2 rings (SSSR count). The van der Waals surface area contributed by atoms with Crippen LogP contribution >= 0.6 is 23.3 Å². The fraction of sp³-hybridized carbons (Fsp3) is 0.500. The van der Waals surface area contributed by atoms with Crippen LogP contribution in [0, 0.1) is 0 Å². The maximum Gasteiger partial charge on any atom is 0.305 e. The van der Waals surface area contributed by atoms with Crippen molar-refractivity contribution < 1.29 is 9.53 Å². The van der Waals surface area contributed by atoms with Crippen LogP contribution < -0.4 is 5.32 Å². The number of nitrogens with zero attached hydrogens (tertiary/aromatic N) is 2. The molecule has 0 aliphatic rings. The molecule has 0 saturated heterocycles. The molecule has 0 radical (unpaired) electrons. The molecule has 2 aromatic rings. The number of ether oxygens (including phenoxy) is 1. The minimum absolute atomic E-state index is 0.119. The lowest BCUT2D eigenvalue weighted by molar-refractivity contribution is -0.143. The third-order valence-electron chi connectivity index (χ3n) is 3.04. The molecule has 1 aromatic carbocycles. The van der Waals surface area contributed by atoms with Gasteiger partial charge in [-0.2, -0.15) is 8.75 Å². The molecule has 0 bridgehead atoms. The highest BCUT2D eigenvalue weighted by Gasteiger charge is 2.09. The zero-order valence-corrected chi connectivity index (χ0v) is 13.5. The van der Waals surface area contributed by atoms with Crippen LogP contribution in [0.3, 0.4) is 0 Å². The number of rotatable bonds is 8. The first-order chi connectivity index (χ1) is 10.2. The number of halogens is 1. The summed E-state index contributed by atoms with van der Waals surface area (Å²) in [7, 11) is 0. The van der Waals surface area contributed by atoms with Gasteiger partial charge in [0.1, 0.15) is 11.0 Å². The van der Waals surface area contributed by atoms with Crippen molar-refractivity contribution in [1.29, 1.82) is 0 Å². The summed E-state index contributed by atoms with van der Waals surface area (Å²) in [5.41, 5.74) is 2.52. The van der Waals surface area contributed by atoms with Crippen molar-refractivity contribution in [2.45, 2.75) is 32.6 Å². The molecule has 5 nitrogen and oxygen atoms in total. The van der Waals surface area contributed by atoms with Gasteiger partial charge >= 0.3 is 5.97 Å². The number of hydrogen-bond acceptors (Lipinski definition) is 6. The molecule has 0 unspecified atom stereocenters. The second kappa shape index (κ2) is 8.14. The summed E-state index contributed by atoms with van der Waals surface area (Å²) >= 11 is 7.37. The van der Waals surface area contributed by atoms with Gasteiger partial charge in [0.25, 0.3) is 0 Å². The van der Waals surface area contributed by atoms with Crippen LogP contribution in [-0.2, 0) is 9.53 Å². The zero-order valence-electron chi connectivity index (χ0n) is 11.9. The first kappa shape index (κ1) is 16.0. The molecule has 21 heavy (non-hydrogen) atoms. The van der Waals surface area contributed by atoms with E-state index in [0.29, 0.717) is 18.1 Å². The standard InChI is InChI=1S/C14H18ClN3O2S/c1-2-20-12(19)6-4-3-5-9-16-13-10(15)7-8-11-14(13)18-21-17-11/h7-8,16H,2-6,9H2,1H3. The molecule has 7 heteroatoms. The van der Waals surface area contributed by atoms with Gasteiger partial charge in [0.05, 0.1) is 29.0 Å². The summed E-state index contributed by atoms with van der Waals surface area (Å²) < 4.78 is 13.3. The molecule has 0 atom stereocenters. The summed E-state index contributed by atoms with van der Waals surface area (Å²) in [5.74, 6) is -0.119. The quantitative estimate of drug-likeness (QED) is 0.589. The van der Waals surface area contributed by atoms with E-state index < -0.39 is 0 Å². The minimum Gasteiger partial charge on any atom is -0.466 e. The van der Waals surface area contributed by atoms with Crippen molar-refractivity contribution in [2.24, 2.45) is 0 Å². The van der Waals surface area contributed by atoms with E-state index in [1.165, 1.54) is 11.7 Å². The number of fused-ring (bicyclic) bond motifs is 1. The van der Waals surface area contributed by atoms with Gasteiger partial charge in [-0.25, -0.2) is 0 Å². The maximum absolute atomic E-state index is 11.2. The SMILES string of the molecule is CCOC(=O)CCCCCNc1c(Cl)ccc2nsnc12. The number of nitrogens with one attached hydrogen (secondary N) is 1. The number of benzene rings is 1. The maximum atomic E-state index is 11.2. The number of esters is 1. The van der Waals surface area contributed by atoms with E-state index in [2.05, 4.69) is 14.1 Å². The van der Waals surface area contributed by atoms with Crippen LogP contribution in [0.25, 0.3) is 11.0 Å². The van der Waals surface area contributed by atoms with Crippen LogP contribution in [-0.4, -0.2) is 27.9 Å². The van der Waals surface area contributed by atoms with Crippen LogP contribution in [0.1, 0.15) is 32.6 Å². The van der Waals surface area contributed by atoms with Gasteiger partial charge < -0.3 is 10.1 Å². The molecular weight excluding hydrogens is 310 g/mol. The Hall–Kier alpha value is -1.40. The van der Waals surface area contributed by atoms with E-state index in [1.807, 2.05) is 19.1 Å². The first-order valence-electron chi connectivity index (χ1n) is 7.02. The Kier molecular flexibility index (Phi) is 6.20. The third-order valence-corrected chi connectivity index (χ3v) is 3.90. The van der Waals surface area contributed by atoms with Crippen molar-refractivity contribution >= 4 is 46.0 Å². The second-order valence-corrected chi connectivity index (χ2v) is 5.53. The Morgan fingerprint density at radius 2 is 2.19 bits per heavy atom. The summed E-state index contributed by atoms with van der Waals surface area (Å²) in [6, 6.07) is 3.69. The number of carbonyl (C=O) groups excluding carboxylic acids is 1. The van der Waals surface area contributed by atoms with Gasteiger partial charge in [0.15, 0.2) is 0 Å². The molecular formula is C14H18ClN3O2S. The lowest BCUT2D eigenvalue weighted by Gasteiger charge is -2.08. The van der Waals surface area contributed by atoms with Gasteiger partial charge in [0, 0.05) is 13.0 Å². The largest absolute Gasteiger partial charge is 0.466 e. The third kappa shape index (κ3) is 4.54. The number of aromatic nitrogens is 2. The fourth-order valence-electron chi connectivity index (χ4n) is 2.01. The second-order valence-electron chi connectivity index (χ2n) is 4.60. The Balaban J connectivity index is 1.74. The van der Waals surface area contributed by atoms with Crippen molar-refractivity contribution in [3.63, 3.8) is 0 Å². The highest BCUT2D eigenvalue weighted by molar-refractivity contribution is 7.00. The van der Waals surface area contributed by atoms with Gasteiger partial charge in [-0.15, -0.1) is 0 Å². The highest BCUT2D eigenvalue weighted by atomic mass is 35.5. The van der Waals surface area contributed by atoms with E-state index in [-0.39, 0.29) is 5.97 Å². The number of unbranched alkanes of at least 4 members (excludes halogenated alkanes) is 2. The van der Waals surface area contributed by atoms with E-state index in [9.17, 15) is 4.79 Å². The lowest BCUT2D eigenvalue weighted by Crippen LogP contribution is -2.05. The summed E-state index contributed by atoms with van der Waals surface area (Å²) in [5, 5.41) is 3.97. The van der Waals surface area contributed by atoms with Crippen LogP contribution in [0.5, 0.6) is 0 Å². The van der Waals surface area contributed by atoms with Crippen molar-refractivity contribution in [3.8, 4) is 0 Å². The van der Waals surface area contributed by atoms with Crippen molar-refractivity contribution in [2.75, 3.05) is 18.5 Å². The molecule has 0 saturated carbocycles. The van der Waals surface area contributed by atoms with E-state index in [0.717, 1.165) is 42.5 Å². The molecule has 0 aliphatic carbocycles. The molecule has 114 valence electrons. The molecule has 1 heterocycles. The topological polar surface area (TPSA) is 64.1 Å². The number of hydrogen-bond donors (Lipinski definition) is 1. The fourth-order valence-corrected chi connectivity index (χ4v) is 2.77. The Labute approximate surface area is 133 Å². The monoisotopic (exact) mass is 327 g/mol. The zero-order chi connectivity index (χ0) is 15.1. The summed E-state index contributed by atoms with van der Waals surface area (Å²) in [4.78, 5) is 11.2. The van der Waals surface area contributed by atoms with Crippen molar-refractivity contribution in [3.05, 3.63) is 17.2 Å². The number of anilines is 1. The van der Waals surface area contributed by atoms with E-state index >= 15 is 0 Å². The molecule has 1 N–H and O–H groups in total. The summed E-state index contributed by atoms with van der Waals surface area (Å²) in [6.45, 7) is 3.06. The summed E-state index contributed by atoms with van der Waals surface area (Å²) in [6.07, 6.45) is 3.26.